The van der Waals surface area contributed by atoms with Crippen LogP contribution in [0.25, 0.3) is 6.08 Å². The van der Waals surface area contributed by atoms with Crippen LogP contribution in [0, 0.1) is 0 Å². The number of thioether (sulfide) groups is 1. The van der Waals surface area contributed by atoms with Crippen molar-refractivity contribution in [2.45, 2.75) is 0 Å². The zero-order valence-electron chi connectivity index (χ0n) is 12.2. The Labute approximate surface area is 137 Å². The zero-order valence-corrected chi connectivity index (χ0v) is 13.0. The van der Waals surface area contributed by atoms with Crippen molar-refractivity contribution in [3.8, 4) is 11.5 Å². The monoisotopic (exact) mass is 327 g/mol. The highest BCUT2D eigenvalue weighted by molar-refractivity contribution is 8.19. The van der Waals surface area contributed by atoms with E-state index in [0.29, 0.717) is 17.0 Å². The summed E-state index contributed by atoms with van der Waals surface area (Å²) in [6.45, 7) is 0. The predicted octanol–water partition coefficient (Wildman–Crippen LogP) is 3.64. The Kier molecular flexibility index (Phi) is 4.08. The molecule has 0 aliphatic carbocycles. The SMILES string of the molecule is COc1ccc(N2C(=O)S/C(=C\c3ccccc3O)C2=O)cc1. The first-order valence-electron chi connectivity index (χ1n) is 6.80. The molecule has 1 fully saturated rings. The molecule has 1 aliphatic heterocycles. The van der Waals surface area contributed by atoms with E-state index in [0.717, 1.165) is 16.7 Å². The van der Waals surface area contributed by atoms with Gasteiger partial charge in [-0.25, -0.2) is 4.90 Å². The molecule has 2 amide bonds. The smallest absolute Gasteiger partial charge is 0.298 e. The van der Waals surface area contributed by atoms with Crippen molar-refractivity contribution in [2.24, 2.45) is 0 Å². The quantitative estimate of drug-likeness (QED) is 0.872. The number of nitrogens with zero attached hydrogens (tertiary/aromatic N) is 1. The van der Waals surface area contributed by atoms with Gasteiger partial charge < -0.3 is 9.84 Å². The second-order valence-corrected chi connectivity index (χ2v) is 5.77. The topological polar surface area (TPSA) is 66.8 Å². The lowest BCUT2D eigenvalue weighted by Crippen LogP contribution is -2.27. The number of phenolic OH excluding ortho intramolecular Hbond substituents is 1. The standard InChI is InChI=1S/C17H13NO4S/c1-22-13-8-6-12(7-9-13)18-16(20)15(23-17(18)21)10-11-4-2-3-5-14(11)19/h2-10,19H,1H3/b15-10-. The average Bonchev–Trinajstić information content (AvgIpc) is 2.84. The Morgan fingerprint density at radius 3 is 2.43 bits per heavy atom. The largest absolute Gasteiger partial charge is 0.507 e. The lowest BCUT2D eigenvalue weighted by atomic mass is 10.2. The third kappa shape index (κ3) is 2.93. The van der Waals surface area contributed by atoms with Crippen molar-refractivity contribution in [3.05, 3.63) is 59.0 Å². The molecule has 0 saturated carbocycles. The van der Waals surface area contributed by atoms with Gasteiger partial charge in [0.15, 0.2) is 0 Å². The number of rotatable bonds is 3. The summed E-state index contributed by atoms with van der Waals surface area (Å²) >= 11 is 0.846. The zero-order chi connectivity index (χ0) is 16.4. The summed E-state index contributed by atoms with van der Waals surface area (Å²) in [4.78, 5) is 26.0. The number of para-hydroxylation sites is 1. The molecular formula is C17H13NO4S. The molecule has 0 radical (unpaired) electrons. The molecular weight excluding hydrogens is 314 g/mol. The van der Waals surface area contributed by atoms with Gasteiger partial charge in [-0.05, 0) is 48.2 Å². The number of carbonyl (C=O) groups is 2. The molecule has 0 bridgehead atoms. The Bertz CT molecular complexity index is 798. The van der Waals surface area contributed by atoms with Crippen molar-refractivity contribution in [1.82, 2.24) is 0 Å². The normalized spacial score (nSPS) is 16.2. The van der Waals surface area contributed by atoms with Gasteiger partial charge in [0.1, 0.15) is 11.5 Å². The maximum atomic E-state index is 12.5. The minimum Gasteiger partial charge on any atom is -0.507 e. The molecule has 0 spiro atoms. The maximum Gasteiger partial charge on any atom is 0.298 e. The van der Waals surface area contributed by atoms with E-state index in [1.54, 1.807) is 49.6 Å². The van der Waals surface area contributed by atoms with E-state index in [4.69, 9.17) is 4.74 Å². The van der Waals surface area contributed by atoms with Gasteiger partial charge in [-0.1, -0.05) is 18.2 Å². The molecule has 0 atom stereocenters. The molecule has 1 N–H and O–H groups in total. The van der Waals surface area contributed by atoms with Crippen LogP contribution in [0.1, 0.15) is 5.56 Å². The van der Waals surface area contributed by atoms with Crippen molar-refractivity contribution in [3.63, 3.8) is 0 Å². The number of ether oxygens (including phenoxy) is 1. The molecule has 2 aromatic rings. The van der Waals surface area contributed by atoms with Gasteiger partial charge in [0, 0.05) is 5.56 Å². The van der Waals surface area contributed by atoms with E-state index in [1.165, 1.54) is 12.1 Å². The van der Waals surface area contributed by atoms with Gasteiger partial charge in [0.05, 0.1) is 17.7 Å². The summed E-state index contributed by atoms with van der Waals surface area (Å²) in [6, 6.07) is 13.3. The minimum atomic E-state index is -0.409. The summed E-state index contributed by atoms with van der Waals surface area (Å²) < 4.78 is 5.07. The molecule has 2 aromatic carbocycles. The van der Waals surface area contributed by atoms with Crippen molar-refractivity contribution in [2.75, 3.05) is 12.0 Å². The Morgan fingerprint density at radius 2 is 1.78 bits per heavy atom. The highest BCUT2D eigenvalue weighted by atomic mass is 32.2. The molecule has 0 unspecified atom stereocenters. The van der Waals surface area contributed by atoms with Gasteiger partial charge in [-0.15, -0.1) is 0 Å². The Hall–Kier alpha value is -2.73. The number of carbonyl (C=O) groups excluding carboxylic acids is 2. The van der Waals surface area contributed by atoms with E-state index in [-0.39, 0.29) is 15.9 Å². The van der Waals surface area contributed by atoms with Crippen LogP contribution >= 0.6 is 11.8 Å². The first-order valence-corrected chi connectivity index (χ1v) is 7.62. The maximum absolute atomic E-state index is 12.5. The van der Waals surface area contributed by atoms with E-state index < -0.39 is 5.91 Å². The molecule has 5 nitrogen and oxygen atoms in total. The number of hydrogen-bond acceptors (Lipinski definition) is 5. The van der Waals surface area contributed by atoms with E-state index in [1.807, 2.05) is 0 Å². The summed E-state index contributed by atoms with van der Waals surface area (Å²) in [5, 5.41) is 9.41. The first-order chi connectivity index (χ1) is 11.1. The van der Waals surface area contributed by atoms with Crippen LogP contribution in [0.5, 0.6) is 11.5 Å². The average molecular weight is 327 g/mol. The number of anilines is 1. The third-order valence-electron chi connectivity index (χ3n) is 3.35. The Morgan fingerprint density at radius 1 is 1.09 bits per heavy atom. The van der Waals surface area contributed by atoms with E-state index in [9.17, 15) is 14.7 Å². The number of aromatic hydroxyl groups is 1. The number of phenols is 1. The molecule has 23 heavy (non-hydrogen) atoms. The lowest BCUT2D eigenvalue weighted by Gasteiger charge is -2.12. The fourth-order valence-electron chi connectivity index (χ4n) is 2.17. The van der Waals surface area contributed by atoms with E-state index in [2.05, 4.69) is 0 Å². The first kappa shape index (κ1) is 15.2. The number of amides is 2. The highest BCUT2D eigenvalue weighted by Gasteiger charge is 2.36. The molecule has 0 aromatic heterocycles. The van der Waals surface area contributed by atoms with Crippen LogP contribution in [0.15, 0.2) is 53.4 Å². The van der Waals surface area contributed by atoms with Crippen LogP contribution in [0.4, 0.5) is 10.5 Å². The molecule has 1 heterocycles. The second kappa shape index (κ2) is 6.18. The Balaban J connectivity index is 1.92. The summed E-state index contributed by atoms with van der Waals surface area (Å²) in [5.41, 5.74) is 0.974. The predicted molar refractivity (Wildman–Crippen MR) is 89.6 cm³/mol. The highest BCUT2D eigenvalue weighted by Crippen LogP contribution is 2.37. The molecule has 1 saturated heterocycles. The lowest BCUT2D eigenvalue weighted by molar-refractivity contribution is -0.113. The van der Waals surface area contributed by atoms with Crippen molar-refractivity contribution in [1.29, 1.82) is 0 Å². The number of imide groups is 1. The summed E-state index contributed by atoms with van der Waals surface area (Å²) in [5.74, 6) is 0.294. The van der Waals surface area contributed by atoms with Gasteiger partial charge in [-0.2, -0.15) is 0 Å². The fourth-order valence-corrected chi connectivity index (χ4v) is 3.00. The van der Waals surface area contributed by atoms with Crippen molar-refractivity contribution < 1.29 is 19.4 Å². The van der Waals surface area contributed by atoms with E-state index >= 15 is 0 Å². The van der Waals surface area contributed by atoms with Gasteiger partial charge >= 0.3 is 0 Å². The van der Waals surface area contributed by atoms with Crippen LogP contribution in [-0.2, 0) is 4.79 Å². The fraction of sp³-hybridized carbons (Fsp3) is 0.0588. The van der Waals surface area contributed by atoms with Gasteiger partial charge in [-0.3, -0.25) is 9.59 Å². The van der Waals surface area contributed by atoms with Gasteiger partial charge in [0.2, 0.25) is 0 Å². The van der Waals surface area contributed by atoms with Crippen molar-refractivity contribution >= 4 is 34.7 Å². The molecule has 116 valence electrons. The molecule has 6 heteroatoms. The number of hydrogen-bond donors (Lipinski definition) is 1. The second-order valence-electron chi connectivity index (χ2n) is 4.77. The summed E-state index contributed by atoms with van der Waals surface area (Å²) in [6.07, 6.45) is 1.52. The minimum absolute atomic E-state index is 0.0590. The number of methoxy groups -OCH3 is 1. The van der Waals surface area contributed by atoms with Crippen LogP contribution in [0.2, 0.25) is 0 Å². The third-order valence-corrected chi connectivity index (χ3v) is 4.22. The summed E-state index contributed by atoms with van der Waals surface area (Å²) in [7, 11) is 1.55. The molecule has 3 rings (SSSR count). The van der Waals surface area contributed by atoms with Crippen LogP contribution < -0.4 is 9.64 Å². The van der Waals surface area contributed by atoms with Crippen LogP contribution in [0.3, 0.4) is 0 Å². The van der Waals surface area contributed by atoms with Crippen LogP contribution in [-0.4, -0.2) is 23.4 Å². The van der Waals surface area contributed by atoms with Gasteiger partial charge in [0.25, 0.3) is 11.1 Å². The molecule has 1 aliphatic rings. The number of benzene rings is 2.